The topological polar surface area (TPSA) is 64.2 Å². The van der Waals surface area contributed by atoms with Crippen LogP contribution in [-0.2, 0) is 6.54 Å². The molecular weight excluding hydrogens is 261 g/mol. The van der Waals surface area contributed by atoms with Gasteiger partial charge in [-0.2, -0.15) is 18.3 Å². The van der Waals surface area contributed by atoms with Crippen molar-refractivity contribution in [3.05, 3.63) is 17.5 Å². The van der Waals surface area contributed by atoms with Crippen LogP contribution in [0.5, 0.6) is 0 Å². The van der Waals surface area contributed by atoms with Crippen molar-refractivity contribution in [2.24, 2.45) is 5.73 Å². The van der Waals surface area contributed by atoms with E-state index in [2.05, 4.69) is 5.10 Å². The summed E-state index contributed by atoms with van der Waals surface area (Å²) in [4.78, 5) is 12.5. The minimum absolute atomic E-state index is 0.184. The second-order valence-corrected chi connectivity index (χ2v) is 4.29. The van der Waals surface area contributed by atoms with Crippen LogP contribution in [0.25, 0.3) is 0 Å². The second kappa shape index (κ2) is 6.05. The highest BCUT2D eigenvalue weighted by molar-refractivity contribution is 5.94. The quantitative estimate of drug-likeness (QED) is 0.879. The number of nitrogens with zero attached hydrogens (tertiary/aromatic N) is 3. The SMILES string of the molecule is Cc1c(C(=O)N(C)CC(F)(F)F)cnn1CCCN. The first-order valence-corrected chi connectivity index (χ1v) is 5.81. The van der Waals surface area contributed by atoms with Gasteiger partial charge in [-0.25, -0.2) is 0 Å². The van der Waals surface area contributed by atoms with Crippen LogP contribution in [0.15, 0.2) is 6.20 Å². The number of rotatable bonds is 5. The lowest BCUT2D eigenvalue weighted by Crippen LogP contribution is -2.36. The molecule has 19 heavy (non-hydrogen) atoms. The first-order valence-electron chi connectivity index (χ1n) is 5.81. The van der Waals surface area contributed by atoms with Crippen LogP contribution in [0.3, 0.4) is 0 Å². The van der Waals surface area contributed by atoms with Crippen LogP contribution in [0.4, 0.5) is 13.2 Å². The fourth-order valence-corrected chi connectivity index (χ4v) is 1.67. The molecular formula is C11H17F3N4O. The molecule has 1 amide bonds. The van der Waals surface area contributed by atoms with Crippen molar-refractivity contribution in [1.82, 2.24) is 14.7 Å². The van der Waals surface area contributed by atoms with Gasteiger partial charge in [-0.05, 0) is 19.9 Å². The highest BCUT2D eigenvalue weighted by atomic mass is 19.4. The first kappa shape index (κ1) is 15.5. The number of carbonyl (C=O) groups is 1. The molecule has 0 aliphatic rings. The van der Waals surface area contributed by atoms with Crippen molar-refractivity contribution in [2.45, 2.75) is 26.1 Å². The zero-order valence-corrected chi connectivity index (χ0v) is 10.9. The Kier molecular flexibility index (Phi) is 4.93. The van der Waals surface area contributed by atoms with Crippen molar-refractivity contribution in [1.29, 1.82) is 0 Å². The fourth-order valence-electron chi connectivity index (χ4n) is 1.67. The van der Waals surface area contributed by atoms with Gasteiger partial charge in [-0.15, -0.1) is 0 Å². The maximum absolute atomic E-state index is 12.2. The molecule has 2 N–H and O–H groups in total. The fraction of sp³-hybridized carbons (Fsp3) is 0.636. The summed E-state index contributed by atoms with van der Waals surface area (Å²) in [5.74, 6) is -0.686. The largest absolute Gasteiger partial charge is 0.406 e. The van der Waals surface area contributed by atoms with Crippen LogP contribution < -0.4 is 5.73 Å². The van der Waals surface area contributed by atoms with E-state index in [1.807, 2.05) is 0 Å². The Hall–Kier alpha value is -1.57. The van der Waals surface area contributed by atoms with Gasteiger partial charge in [0.1, 0.15) is 6.54 Å². The third-order valence-electron chi connectivity index (χ3n) is 2.67. The predicted octanol–water partition coefficient (Wildman–Crippen LogP) is 1.17. The van der Waals surface area contributed by atoms with Gasteiger partial charge < -0.3 is 10.6 Å². The van der Waals surface area contributed by atoms with Gasteiger partial charge in [0, 0.05) is 19.3 Å². The number of aromatic nitrogens is 2. The lowest BCUT2D eigenvalue weighted by molar-refractivity contribution is -0.138. The van der Waals surface area contributed by atoms with E-state index in [1.54, 1.807) is 11.6 Å². The van der Waals surface area contributed by atoms with E-state index >= 15 is 0 Å². The van der Waals surface area contributed by atoms with Gasteiger partial charge in [-0.3, -0.25) is 9.48 Å². The van der Waals surface area contributed by atoms with E-state index in [0.29, 0.717) is 30.1 Å². The van der Waals surface area contributed by atoms with E-state index in [9.17, 15) is 18.0 Å². The monoisotopic (exact) mass is 278 g/mol. The zero-order chi connectivity index (χ0) is 14.6. The minimum atomic E-state index is -4.41. The zero-order valence-electron chi connectivity index (χ0n) is 10.9. The maximum Gasteiger partial charge on any atom is 0.406 e. The summed E-state index contributed by atoms with van der Waals surface area (Å²) >= 11 is 0. The highest BCUT2D eigenvalue weighted by Crippen LogP contribution is 2.18. The maximum atomic E-state index is 12.2. The smallest absolute Gasteiger partial charge is 0.332 e. The van der Waals surface area contributed by atoms with Crippen LogP contribution in [0.1, 0.15) is 22.5 Å². The van der Waals surface area contributed by atoms with Crippen LogP contribution >= 0.6 is 0 Å². The number of amides is 1. The Balaban J connectivity index is 2.80. The molecule has 1 aromatic heterocycles. The number of halogens is 3. The van der Waals surface area contributed by atoms with Crippen molar-refractivity contribution in [3.8, 4) is 0 Å². The van der Waals surface area contributed by atoms with Crippen molar-refractivity contribution < 1.29 is 18.0 Å². The third-order valence-corrected chi connectivity index (χ3v) is 2.67. The molecule has 0 radical (unpaired) electrons. The molecule has 0 saturated heterocycles. The van der Waals surface area contributed by atoms with Crippen molar-refractivity contribution in [3.63, 3.8) is 0 Å². The summed E-state index contributed by atoms with van der Waals surface area (Å²) in [6.45, 7) is 1.40. The molecule has 0 bridgehead atoms. The summed E-state index contributed by atoms with van der Waals surface area (Å²) in [7, 11) is 1.12. The number of nitrogens with two attached hydrogens (primary N) is 1. The number of carbonyl (C=O) groups excluding carboxylic acids is 1. The summed E-state index contributed by atoms with van der Waals surface area (Å²) < 4.78 is 38.2. The average Bonchev–Trinajstić information content (AvgIpc) is 2.65. The normalized spacial score (nSPS) is 11.7. The lowest BCUT2D eigenvalue weighted by atomic mass is 10.2. The molecule has 0 aliphatic heterocycles. The van der Waals surface area contributed by atoms with Gasteiger partial charge in [0.25, 0.3) is 5.91 Å². The van der Waals surface area contributed by atoms with Crippen molar-refractivity contribution in [2.75, 3.05) is 20.1 Å². The number of hydrogen-bond acceptors (Lipinski definition) is 3. The molecule has 108 valence electrons. The number of alkyl halides is 3. The molecule has 8 heteroatoms. The third kappa shape index (κ3) is 4.23. The van der Waals surface area contributed by atoms with Gasteiger partial charge >= 0.3 is 6.18 Å². The Morgan fingerprint density at radius 3 is 2.68 bits per heavy atom. The molecule has 0 saturated carbocycles. The van der Waals surface area contributed by atoms with Gasteiger partial charge in [0.05, 0.1) is 11.8 Å². The van der Waals surface area contributed by atoms with E-state index in [0.717, 1.165) is 7.05 Å². The van der Waals surface area contributed by atoms with Gasteiger partial charge in [0.2, 0.25) is 0 Å². The molecule has 0 unspecified atom stereocenters. The first-order chi connectivity index (χ1) is 8.76. The average molecular weight is 278 g/mol. The van der Waals surface area contributed by atoms with Crippen molar-refractivity contribution >= 4 is 5.91 Å². The predicted molar refractivity (Wildman–Crippen MR) is 63.7 cm³/mol. The van der Waals surface area contributed by atoms with E-state index in [4.69, 9.17) is 5.73 Å². The molecule has 0 aromatic carbocycles. The molecule has 1 rings (SSSR count). The Bertz CT molecular complexity index is 442. The lowest BCUT2D eigenvalue weighted by Gasteiger charge is -2.18. The minimum Gasteiger partial charge on any atom is -0.332 e. The second-order valence-electron chi connectivity index (χ2n) is 4.29. The van der Waals surface area contributed by atoms with Gasteiger partial charge in [0.15, 0.2) is 0 Å². The Labute approximate surface area is 109 Å². The summed E-state index contributed by atoms with van der Waals surface area (Å²) in [5.41, 5.74) is 6.10. The number of aryl methyl sites for hydroxylation is 1. The van der Waals surface area contributed by atoms with Crippen LogP contribution in [-0.4, -0.2) is 46.9 Å². The number of hydrogen-bond donors (Lipinski definition) is 1. The molecule has 1 aromatic rings. The summed E-state index contributed by atoms with van der Waals surface area (Å²) in [5, 5.41) is 3.99. The summed E-state index contributed by atoms with van der Waals surface area (Å²) in [6.07, 6.45) is -2.43. The Morgan fingerprint density at radius 1 is 1.53 bits per heavy atom. The molecule has 5 nitrogen and oxygen atoms in total. The summed E-state index contributed by atoms with van der Waals surface area (Å²) in [6, 6.07) is 0. The molecule has 0 aliphatic carbocycles. The molecule has 0 atom stereocenters. The van der Waals surface area contributed by atoms with Crippen LogP contribution in [0.2, 0.25) is 0 Å². The van der Waals surface area contributed by atoms with E-state index in [-0.39, 0.29) is 5.56 Å². The van der Waals surface area contributed by atoms with E-state index < -0.39 is 18.6 Å². The Morgan fingerprint density at radius 2 is 2.16 bits per heavy atom. The molecule has 0 spiro atoms. The van der Waals surface area contributed by atoms with Gasteiger partial charge in [-0.1, -0.05) is 0 Å². The molecule has 1 heterocycles. The van der Waals surface area contributed by atoms with Crippen LogP contribution in [0, 0.1) is 6.92 Å². The van der Waals surface area contributed by atoms with E-state index in [1.165, 1.54) is 6.20 Å². The highest BCUT2D eigenvalue weighted by Gasteiger charge is 2.32. The standard InChI is InChI=1S/C11H17F3N4O/c1-8-9(6-16-18(8)5-3-4-15)10(19)17(2)7-11(12,13)14/h6H,3-5,7,15H2,1-2H3. The molecule has 0 fully saturated rings.